The van der Waals surface area contributed by atoms with Gasteiger partial charge in [0.2, 0.25) is 11.5 Å². The molecule has 0 spiro atoms. The molecule has 0 amide bonds. The number of benzene rings is 2. The molecule has 9 heteroatoms. The molecular weight excluding hydrogens is 528 g/mol. The van der Waals surface area contributed by atoms with Gasteiger partial charge in [0, 0.05) is 23.1 Å². The van der Waals surface area contributed by atoms with E-state index in [4.69, 9.17) is 18.6 Å². The predicted molar refractivity (Wildman–Crippen MR) is 153 cm³/mol. The standard InChI is InChI=1S/C31H30N2O6S/c1-31(2)13-20-28(21(34)14-31)27(18-11-25(36-3)29(38-5)26(12-18)37-4)19(15-32)30(33-20)40-16-22(35)24-10-17-8-6-7-9-23(17)39-24/h6-12,27,33H,13-14,16H2,1-5H3/t27-/m0/s1. The summed E-state index contributed by atoms with van der Waals surface area (Å²) in [6.07, 6.45) is 0.982. The number of nitriles is 1. The van der Waals surface area contributed by atoms with Gasteiger partial charge in [-0.1, -0.05) is 43.8 Å². The summed E-state index contributed by atoms with van der Waals surface area (Å²) in [6, 6.07) is 15.0. The topological polar surface area (TPSA) is 111 Å². The summed E-state index contributed by atoms with van der Waals surface area (Å²) in [4.78, 5) is 26.7. The number of carbonyl (C=O) groups excluding carboxylic acids is 2. The van der Waals surface area contributed by atoms with E-state index >= 15 is 0 Å². The Morgan fingerprint density at radius 3 is 2.42 bits per heavy atom. The molecule has 1 aliphatic carbocycles. The van der Waals surface area contributed by atoms with Crippen LogP contribution in [0.4, 0.5) is 0 Å². The third-order valence-corrected chi connectivity index (χ3v) is 8.21. The van der Waals surface area contributed by atoms with E-state index in [9.17, 15) is 14.9 Å². The lowest BCUT2D eigenvalue weighted by atomic mass is 9.69. The second-order valence-electron chi connectivity index (χ2n) is 10.6. The first-order valence-electron chi connectivity index (χ1n) is 12.8. The minimum atomic E-state index is -0.664. The molecule has 5 rings (SSSR count). The van der Waals surface area contributed by atoms with Crippen LogP contribution >= 0.6 is 11.8 Å². The van der Waals surface area contributed by atoms with E-state index in [-0.39, 0.29) is 28.5 Å². The van der Waals surface area contributed by atoms with E-state index < -0.39 is 5.92 Å². The fraction of sp³-hybridized carbons (Fsp3) is 0.323. The SMILES string of the molecule is COc1cc([C@H]2C(C#N)=C(SCC(=O)c3cc4ccccc4o3)NC3=C2C(=O)CC(C)(C)C3)cc(OC)c1OC. The van der Waals surface area contributed by atoms with Gasteiger partial charge in [-0.15, -0.1) is 0 Å². The number of ketones is 2. The molecule has 2 heterocycles. The molecule has 0 saturated carbocycles. The highest BCUT2D eigenvalue weighted by molar-refractivity contribution is 8.03. The molecule has 0 bridgehead atoms. The van der Waals surface area contributed by atoms with Crippen LogP contribution in [0.25, 0.3) is 11.0 Å². The number of dihydropyridines is 1. The number of nitrogens with one attached hydrogen (secondary N) is 1. The van der Waals surface area contributed by atoms with Gasteiger partial charge in [-0.25, -0.2) is 0 Å². The van der Waals surface area contributed by atoms with Crippen molar-refractivity contribution in [2.45, 2.75) is 32.6 Å². The van der Waals surface area contributed by atoms with Crippen LogP contribution in [0.5, 0.6) is 17.2 Å². The Labute approximate surface area is 237 Å². The van der Waals surface area contributed by atoms with Gasteiger partial charge in [0.25, 0.3) is 0 Å². The summed E-state index contributed by atoms with van der Waals surface area (Å²) >= 11 is 1.23. The van der Waals surface area contributed by atoms with E-state index in [0.717, 1.165) is 11.1 Å². The molecule has 8 nitrogen and oxygen atoms in total. The summed E-state index contributed by atoms with van der Waals surface area (Å²) in [5.74, 6) is 0.697. The number of ether oxygens (including phenoxy) is 3. The highest BCUT2D eigenvalue weighted by Gasteiger charge is 2.42. The average molecular weight is 559 g/mol. The molecule has 2 aliphatic rings. The van der Waals surface area contributed by atoms with Crippen LogP contribution in [0.15, 0.2) is 68.8 Å². The lowest BCUT2D eigenvalue weighted by Crippen LogP contribution is -2.37. The van der Waals surface area contributed by atoms with Crippen LogP contribution in [-0.2, 0) is 4.79 Å². The molecule has 206 valence electrons. The molecule has 2 aromatic carbocycles. The summed E-state index contributed by atoms with van der Waals surface area (Å²) in [5, 5.41) is 15.2. The zero-order valence-corrected chi connectivity index (χ0v) is 23.9. The number of nitrogens with zero attached hydrogens (tertiary/aromatic N) is 1. The van der Waals surface area contributed by atoms with Gasteiger partial charge < -0.3 is 23.9 Å². The monoisotopic (exact) mass is 558 g/mol. The second-order valence-corrected chi connectivity index (χ2v) is 11.6. The third kappa shape index (κ3) is 4.95. The largest absolute Gasteiger partial charge is 0.493 e. The zero-order valence-electron chi connectivity index (χ0n) is 23.0. The molecule has 3 aromatic rings. The van der Waals surface area contributed by atoms with Crippen molar-refractivity contribution in [1.82, 2.24) is 5.32 Å². The minimum absolute atomic E-state index is 0.0207. The van der Waals surface area contributed by atoms with E-state index in [1.165, 1.54) is 33.1 Å². The summed E-state index contributed by atoms with van der Waals surface area (Å²) < 4.78 is 22.4. The lowest BCUT2D eigenvalue weighted by Gasteiger charge is -2.39. The van der Waals surface area contributed by atoms with Crippen molar-refractivity contribution in [2.75, 3.05) is 27.1 Å². The Morgan fingerprint density at radius 2 is 1.80 bits per heavy atom. The molecule has 0 radical (unpaired) electrons. The van der Waals surface area contributed by atoms with Crippen LogP contribution in [-0.4, -0.2) is 38.6 Å². The normalized spacial score (nSPS) is 18.2. The number of allylic oxidation sites excluding steroid dienone is 3. The van der Waals surface area contributed by atoms with E-state index in [1.807, 2.05) is 38.1 Å². The zero-order chi connectivity index (χ0) is 28.6. The number of hydrogen-bond acceptors (Lipinski definition) is 9. The molecule has 1 aliphatic heterocycles. The summed E-state index contributed by atoms with van der Waals surface area (Å²) in [7, 11) is 4.56. The number of Topliss-reactive ketones (excluding diaryl/α,β-unsaturated/α-hetero) is 2. The average Bonchev–Trinajstić information content (AvgIpc) is 3.38. The van der Waals surface area contributed by atoms with Crippen molar-refractivity contribution in [1.29, 1.82) is 5.26 Å². The van der Waals surface area contributed by atoms with Crippen molar-refractivity contribution in [3.63, 3.8) is 0 Å². The Morgan fingerprint density at radius 1 is 1.10 bits per heavy atom. The Hall–Kier alpha value is -4.16. The van der Waals surface area contributed by atoms with Crippen LogP contribution in [0, 0.1) is 16.7 Å². The summed E-state index contributed by atoms with van der Waals surface area (Å²) in [5.41, 5.74) is 2.71. The van der Waals surface area contributed by atoms with Gasteiger partial charge in [-0.2, -0.15) is 5.26 Å². The Kier molecular flexibility index (Phi) is 7.39. The molecule has 1 atom stereocenters. The van der Waals surface area contributed by atoms with Crippen molar-refractivity contribution in [3.8, 4) is 23.3 Å². The van der Waals surface area contributed by atoms with Crippen LogP contribution in [0.1, 0.15) is 48.7 Å². The number of methoxy groups -OCH3 is 3. The van der Waals surface area contributed by atoms with E-state index in [0.29, 0.717) is 57.4 Å². The number of carbonyl (C=O) groups is 2. The van der Waals surface area contributed by atoms with Gasteiger partial charge in [0.05, 0.1) is 49.7 Å². The molecule has 1 N–H and O–H groups in total. The summed E-state index contributed by atoms with van der Waals surface area (Å²) in [6.45, 7) is 4.10. The Bertz CT molecular complexity index is 1570. The van der Waals surface area contributed by atoms with Crippen LogP contribution in [0.3, 0.4) is 0 Å². The van der Waals surface area contributed by atoms with Gasteiger partial charge >= 0.3 is 0 Å². The van der Waals surface area contributed by atoms with Crippen LogP contribution < -0.4 is 19.5 Å². The number of fused-ring (bicyclic) bond motifs is 1. The Balaban J connectivity index is 1.57. The van der Waals surface area contributed by atoms with Crippen molar-refractivity contribution >= 4 is 34.3 Å². The maximum Gasteiger partial charge on any atom is 0.208 e. The molecule has 40 heavy (non-hydrogen) atoms. The maximum absolute atomic E-state index is 13.6. The van der Waals surface area contributed by atoms with Gasteiger partial charge in [0.15, 0.2) is 23.0 Å². The highest BCUT2D eigenvalue weighted by atomic mass is 32.2. The number of thioether (sulfide) groups is 1. The predicted octanol–water partition coefficient (Wildman–Crippen LogP) is 6.14. The molecule has 0 saturated heterocycles. The quantitative estimate of drug-likeness (QED) is 0.326. The molecule has 0 unspecified atom stereocenters. The van der Waals surface area contributed by atoms with E-state index in [1.54, 1.807) is 18.2 Å². The lowest BCUT2D eigenvalue weighted by molar-refractivity contribution is -0.118. The van der Waals surface area contributed by atoms with Crippen molar-refractivity contribution in [3.05, 3.63) is 75.7 Å². The number of furan rings is 1. The van der Waals surface area contributed by atoms with Crippen molar-refractivity contribution in [2.24, 2.45) is 5.41 Å². The van der Waals surface area contributed by atoms with Crippen LogP contribution in [0.2, 0.25) is 0 Å². The van der Waals surface area contributed by atoms with E-state index in [2.05, 4.69) is 11.4 Å². The van der Waals surface area contributed by atoms with Crippen molar-refractivity contribution < 1.29 is 28.2 Å². The molecule has 1 aromatic heterocycles. The molecule has 0 fully saturated rings. The van der Waals surface area contributed by atoms with Gasteiger partial charge in [0.1, 0.15) is 5.58 Å². The number of hydrogen-bond donors (Lipinski definition) is 1. The fourth-order valence-corrected chi connectivity index (χ4v) is 6.35. The number of para-hydroxylation sites is 1. The maximum atomic E-state index is 13.6. The minimum Gasteiger partial charge on any atom is -0.493 e. The first kappa shape index (κ1) is 27.4. The third-order valence-electron chi connectivity index (χ3n) is 7.20. The van der Waals surface area contributed by atoms with Gasteiger partial charge in [-0.3, -0.25) is 9.59 Å². The first-order chi connectivity index (χ1) is 19.2. The molecular formula is C31H30N2O6S. The second kappa shape index (κ2) is 10.8. The number of rotatable bonds is 8. The van der Waals surface area contributed by atoms with Gasteiger partial charge in [-0.05, 0) is 41.7 Å². The highest BCUT2D eigenvalue weighted by Crippen LogP contribution is 2.50. The fourth-order valence-electron chi connectivity index (χ4n) is 5.42. The smallest absolute Gasteiger partial charge is 0.208 e. The first-order valence-corrected chi connectivity index (χ1v) is 13.8.